The van der Waals surface area contributed by atoms with Crippen LogP contribution in [-0.2, 0) is 4.79 Å². The van der Waals surface area contributed by atoms with E-state index >= 15 is 0 Å². The van der Waals surface area contributed by atoms with Crippen LogP contribution >= 0.6 is 0 Å². The van der Waals surface area contributed by atoms with Crippen LogP contribution in [0.3, 0.4) is 0 Å². The number of carbonyl (C=O) groups is 1. The first-order chi connectivity index (χ1) is 10.5. The van der Waals surface area contributed by atoms with Crippen molar-refractivity contribution in [3.05, 3.63) is 29.3 Å². The molecule has 2 fully saturated rings. The van der Waals surface area contributed by atoms with Crippen molar-refractivity contribution in [3.8, 4) is 5.75 Å². The number of hydrogen-bond acceptors (Lipinski definition) is 2. The zero-order chi connectivity index (χ0) is 15.7. The van der Waals surface area contributed by atoms with Crippen molar-refractivity contribution in [3.63, 3.8) is 0 Å². The predicted molar refractivity (Wildman–Crippen MR) is 88.0 cm³/mol. The van der Waals surface area contributed by atoms with Crippen molar-refractivity contribution >= 4 is 5.91 Å². The Bertz CT molecular complexity index is 554. The molecule has 3 rings (SSSR count). The van der Waals surface area contributed by atoms with E-state index in [1.807, 2.05) is 26.0 Å². The van der Waals surface area contributed by atoms with E-state index in [1.54, 1.807) is 0 Å². The summed E-state index contributed by atoms with van der Waals surface area (Å²) in [6.45, 7) is 6.30. The van der Waals surface area contributed by atoms with E-state index in [9.17, 15) is 4.79 Å². The largest absolute Gasteiger partial charge is 0.483 e. The highest BCUT2D eigenvalue weighted by Crippen LogP contribution is 2.49. The maximum Gasteiger partial charge on any atom is 0.258 e. The third-order valence-electron chi connectivity index (χ3n) is 5.53. The van der Waals surface area contributed by atoms with Crippen LogP contribution in [0, 0.1) is 31.6 Å². The van der Waals surface area contributed by atoms with Crippen LogP contribution in [0.15, 0.2) is 18.2 Å². The summed E-state index contributed by atoms with van der Waals surface area (Å²) >= 11 is 0. The van der Waals surface area contributed by atoms with Gasteiger partial charge in [-0.05, 0) is 75.0 Å². The van der Waals surface area contributed by atoms with Crippen LogP contribution in [0.5, 0.6) is 5.75 Å². The zero-order valence-corrected chi connectivity index (χ0v) is 13.9. The summed E-state index contributed by atoms with van der Waals surface area (Å²) in [5.41, 5.74) is 2.22. The normalized spacial score (nSPS) is 27.7. The molecule has 0 saturated heterocycles. The van der Waals surface area contributed by atoms with Gasteiger partial charge in [-0.3, -0.25) is 4.79 Å². The van der Waals surface area contributed by atoms with Gasteiger partial charge in [0.2, 0.25) is 0 Å². The summed E-state index contributed by atoms with van der Waals surface area (Å²) in [5.74, 6) is 3.23. The second-order valence-corrected chi connectivity index (χ2v) is 7.25. The summed E-state index contributed by atoms with van der Waals surface area (Å²) in [5, 5.41) is 3.15. The van der Waals surface area contributed by atoms with E-state index in [2.05, 4.69) is 18.3 Å². The Morgan fingerprint density at radius 1 is 1.32 bits per heavy atom. The molecule has 0 spiro atoms. The molecular formula is C19H27NO2. The van der Waals surface area contributed by atoms with Crippen LogP contribution in [0.25, 0.3) is 0 Å². The molecule has 1 N–H and O–H groups in total. The molecule has 3 heteroatoms. The highest BCUT2D eigenvalue weighted by Gasteiger charge is 2.42. The number of amides is 1. The molecule has 4 unspecified atom stereocenters. The van der Waals surface area contributed by atoms with Crippen LogP contribution in [-0.4, -0.2) is 18.6 Å². The number of fused-ring (bicyclic) bond motifs is 2. The van der Waals surface area contributed by atoms with E-state index in [0.29, 0.717) is 5.92 Å². The molecule has 2 aliphatic carbocycles. The van der Waals surface area contributed by atoms with Gasteiger partial charge in [-0.2, -0.15) is 0 Å². The predicted octanol–water partition coefficient (Wildman–Crippen LogP) is 3.62. The molecule has 1 amide bonds. The maximum absolute atomic E-state index is 12.1. The van der Waals surface area contributed by atoms with Gasteiger partial charge < -0.3 is 10.1 Å². The van der Waals surface area contributed by atoms with E-state index < -0.39 is 0 Å². The van der Waals surface area contributed by atoms with Crippen molar-refractivity contribution in [2.45, 2.75) is 52.5 Å². The summed E-state index contributed by atoms with van der Waals surface area (Å²) in [4.78, 5) is 12.1. The van der Waals surface area contributed by atoms with Crippen molar-refractivity contribution in [2.24, 2.45) is 17.8 Å². The minimum Gasteiger partial charge on any atom is -0.483 e. The van der Waals surface area contributed by atoms with E-state index in [-0.39, 0.29) is 18.6 Å². The van der Waals surface area contributed by atoms with Gasteiger partial charge in [0.25, 0.3) is 5.91 Å². The highest BCUT2D eigenvalue weighted by atomic mass is 16.5. The summed E-state index contributed by atoms with van der Waals surface area (Å²) in [6.07, 6.45) is 5.43. The van der Waals surface area contributed by atoms with Gasteiger partial charge in [-0.15, -0.1) is 0 Å². The standard InChI is InChI=1S/C19H27NO2/c1-12-4-5-13(2)18(8-12)22-11-19(21)20-14(3)17-10-15-6-7-16(17)9-15/h4-5,8,14-17H,6-7,9-11H2,1-3H3,(H,20,21). The van der Waals surface area contributed by atoms with Crippen molar-refractivity contribution in [1.29, 1.82) is 0 Å². The lowest BCUT2D eigenvalue weighted by molar-refractivity contribution is -0.124. The fraction of sp³-hybridized carbons (Fsp3) is 0.632. The molecule has 4 atom stereocenters. The molecule has 0 aromatic heterocycles. The average Bonchev–Trinajstić information content (AvgIpc) is 3.11. The van der Waals surface area contributed by atoms with Crippen LogP contribution in [0.2, 0.25) is 0 Å². The lowest BCUT2D eigenvalue weighted by atomic mass is 9.84. The highest BCUT2D eigenvalue weighted by molar-refractivity contribution is 5.77. The fourth-order valence-electron chi connectivity index (χ4n) is 4.32. The number of carbonyl (C=O) groups excluding carboxylic acids is 1. The summed E-state index contributed by atoms with van der Waals surface area (Å²) < 4.78 is 5.69. The number of hydrogen-bond donors (Lipinski definition) is 1. The Labute approximate surface area is 133 Å². The molecule has 0 radical (unpaired) electrons. The minimum absolute atomic E-state index is 0.00354. The quantitative estimate of drug-likeness (QED) is 0.902. The Morgan fingerprint density at radius 3 is 2.82 bits per heavy atom. The third-order valence-corrected chi connectivity index (χ3v) is 5.53. The summed E-state index contributed by atoms with van der Waals surface area (Å²) in [6, 6.07) is 6.34. The third kappa shape index (κ3) is 3.29. The minimum atomic E-state index is -0.00354. The molecule has 2 saturated carbocycles. The van der Waals surface area contributed by atoms with E-state index in [1.165, 1.54) is 25.7 Å². The van der Waals surface area contributed by atoms with Gasteiger partial charge in [0.15, 0.2) is 6.61 Å². The fourth-order valence-corrected chi connectivity index (χ4v) is 4.32. The molecular weight excluding hydrogens is 274 g/mol. The smallest absolute Gasteiger partial charge is 0.258 e. The number of aryl methyl sites for hydroxylation is 2. The Kier molecular flexibility index (Phi) is 4.42. The molecule has 22 heavy (non-hydrogen) atoms. The van der Waals surface area contributed by atoms with Crippen molar-refractivity contribution < 1.29 is 9.53 Å². The molecule has 0 heterocycles. The number of ether oxygens (including phenoxy) is 1. The SMILES string of the molecule is Cc1ccc(C)c(OCC(=O)NC(C)C2CC3CCC2C3)c1. The Morgan fingerprint density at radius 2 is 2.14 bits per heavy atom. The second kappa shape index (κ2) is 6.31. The molecule has 2 bridgehead atoms. The van der Waals surface area contributed by atoms with Gasteiger partial charge in [-0.25, -0.2) is 0 Å². The van der Waals surface area contributed by atoms with Gasteiger partial charge in [-0.1, -0.05) is 18.6 Å². The Hall–Kier alpha value is -1.51. The number of rotatable bonds is 5. The van der Waals surface area contributed by atoms with Crippen LogP contribution < -0.4 is 10.1 Å². The molecule has 1 aromatic rings. The lowest BCUT2D eigenvalue weighted by Gasteiger charge is -2.28. The van der Waals surface area contributed by atoms with E-state index in [0.717, 1.165) is 28.7 Å². The van der Waals surface area contributed by atoms with Gasteiger partial charge in [0.1, 0.15) is 5.75 Å². The van der Waals surface area contributed by atoms with Gasteiger partial charge in [0.05, 0.1) is 0 Å². The lowest BCUT2D eigenvalue weighted by Crippen LogP contribution is -2.42. The number of nitrogens with one attached hydrogen (secondary N) is 1. The monoisotopic (exact) mass is 301 g/mol. The Balaban J connectivity index is 1.49. The van der Waals surface area contributed by atoms with Gasteiger partial charge >= 0.3 is 0 Å². The van der Waals surface area contributed by atoms with E-state index in [4.69, 9.17) is 4.74 Å². The maximum atomic E-state index is 12.1. The first-order valence-electron chi connectivity index (χ1n) is 8.52. The first-order valence-corrected chi connectivity index (χ1v) is 8.52. The average molecular weight is 301 g/mol. The molecule has 0 aliphatic heterocycles. The molecule has 2 aliphatic rings. The second-order valence-electron chi connectivity index (χ2n) is 7.25. The van der Waals surface area contributed by atoms with Crippen LogP contribution in [0.4, 0.5) is 0 Å². The molecule has 1 aromatic carbocycles. The molecule has 120 valence electrons. The van der Waals surface area contributed by atoms with Crippen molar-refractivity contribution in [2.75, 3.05) is 6.61 Å². The van der Waals surface area contributed by atoms with Crippen LogP contribution in [0.1, 0.15) is 43.7 Å². The zero-order valence-electron chi connectivity index (χ0n) is 13.9. The molecule has 3 nitrogen and oxygen atoms in total. The van der Waals surface area contributed by atoms with Gasteiger partial charge in [0, 0.05) is 6.04 Å². The topological polar surface area (TPSA) is 38.3 Å². The summed E-state index contributed by atoms with van der Waals surface area (Å²) in [7, 11) is 0. The van der Waals surface area contributed by atoms with Crippen molar-refractivity contribution in [1.82, 2.24) is 5.32 Å². The first kappa shape index (κ1) is 15.4. The number of benzene rings is 1.